The highest BCUT2D eigenvalue weighted by molar-refractivity contribution is 7.11. The van der Waals surface area contributed by atoms with E-state index in [9.17, 15) is 5.11 Å². The minimum Gasteiger partial charge on any atom is -0.395 e. The quantitative estimate of drug-likeness (QED) is 0.838. The van der Waals surface area contributed by atoms with Crippen LogP contribution in [0.2, 0.25) is 0 Å². The van der Waals surface area contributed by atoms with Crippen molar-refractivity contribution in [1.29, 1.82) is 0 Å². The van der Waals surface area contributed by atoms with Crippen molar-refractivity contribution in [3.8, 4) is 0 Å². The van der Waals surface area contributed by atoms with Gasteiger partial charge in [-0.05, 0) is 24.1 Å². The number of aryl methyl sites for hydroxylation is 1. The number of thiophene rings is 1. The van der Waals surface area contributed by atoms with Gasteiger partial charge in [0.15, 0.2) is 0 Å². The van der Waals surface area contributed by atoms with Crippen molar-refractivity contribution in [2.24, 2.45) is 0 Å². The van der Waals surface area contributed by atoms with Crippen LogP contribution in [0.25, 0.3) is 0 Å². The molecule has 0 spiro atoms. The van der Waals surface area contributed by atoms with Gasteiger partial charge in [-0.15, -0.1) is 11.3 Å². The highest BCUT2D eigenvalue weighted by atomic mass is 32.1. The molecule has 19 heavy (non-hydrogen) atoms. The van der Waals surface area contributed by atoms with E-state index in [2.05, 4.69) is 48.2 Å². The van der Waals surface area contributed by atoms with Crippen LogP contribution in [0.3, 0.4) is 0 Å². The summed E-state index contributed by atoms with van der Waals surface area (Å²) in [7, 11) is 0. The monoisotopic (exact) mass is 275 g/mol. The lowest BCUT2D eigenvalue weighted by atomic mass is 10.2. The molecule has 0 radical (unpaired) electrons. The second-order valence-corrected chi connectivity index (χ2v) is 5.89. The molecule has 1 aromatic carbocycles. The number of rotatable bonds is 7. The van der Waals surface area contributed by atoms with Crippen LogP contribution in [0.1, 0.15) is 22.2 Å². The largest absolute Gasteiger partial charge is 0.395 e. The number of benzene rings is 1. The normalized spacial score (nSPS) is 11.1. The highest BCUT2D eigenvalue weighted by Crippen LogP contribution is 2.19. The molecule has 102 valence electrons. The Hall–Kier alpha value is -1.16. The minimum atomic E-state index is 0.207. The first-order valence-corrected chi connectivity index (χ1v) is 7.58. The van der Waals surface area contributed by atoms with Gasteiger partial charge < -0.3 is 5.11 Å². The second kappa shape index (κ2) is 7.43. The van der Waals surface area contributed by atoms with Crippen LogP contribution in [0.15, 0.2) is 42.5 Å². The predicted molar refractivity (Wildman–Crippen MR) is 81.3 cm³/mol. The predicted octanol–water partition coefficient (Wildman–Crippen LogP) is 3.31. The minimum absolute atomic E-state index is 0.207. The summed E-state index contributed by atoms with van der Waals surface area (Å²) in [6.45, 7) is 4.92. The molecule has 0 aliphatic rings. The molecule has 0 fully saturated rings. The van der Waals surface area contributed by atoms with E-state index in [0.717, 1.165) is 19.5 Å². The third-order valence-electron chi connectivity index (χ3n) is 3.11. The van der Waals surface area contributed by atoms with E-state index in [1.165, 1.54) is 15.3 Å². The van der Waals surface area contributed by atoms with Crippen LogP contribution in [-0.2, 0) is 19.5 Å². The third-order valence-corrected chi connectivity index (χ3v) is 4.32. The first-order chi connectivity index (χ1) is 9.31. The molecule has 2 nitrogen and oxygen atoms in total. The first-order valence-electron chi connectivity index (χ1n) is 6.76. The molecule has 0 unspecified atom stereocenters. The number of hydrogen-bond acceptors (Lipinski definition) is 3. The summed E-state index contributed by atoms with van der Waals surface area (Å²) in [5.41, 5.74) is 1.29. The average Bonchev–Trinajstić information content (AvgIpc) is 2.88. The molecular formula is C16H21NOS. The fourth-order valence-corrected chi connectivity index (χ4v) is 3.12. The van der Waals surface area contributed by atoms with Crippen molar-refractivity contribution in [2.75, 3.05) is 13.2 Å². The summed E-state index contributed by atoms with van der Waals surface area (Å²) >= 11 is 1.87. The topological polar surface area (TPSA) is 23.5 Å². The average molecular weight is 275 g/mol. The summed E-state index contributed by atoms with van der Waals surface area (Å²) in [5, 5.41) is 9.21. The Labute approximate surface area is 119 Å². The second-order valence-electron chi connectivity index (χ2n) is 4.64. The van der Waals surface area contributed by atoms with Crippen LogP contribution >= 0.6 is 11.3 Å². The van der Waals surface area contributed by atoms with Crippen molar-refractivity contribution in [3.63, 3.8) is 0 Å². The van der Waals surface area contributed by atoms with Crippen LogP contribution in [0.4, 0.5) is 0 Å². The summed E-state index contributed by atoms with van der Waals surface area (Å²) < 4.78 is 0. The Morgan fingerprint density at radius 1 is 1.00 bits per heavy atom. The molecule has 0 amide bonds. The highest BCUT2D eigenvalue weighted by Gasteiger charge is 2.08. The Morgan fingerprint density at radius 2 is 1.74 bits per heavy atom. The maximum Gasteiger partial charge on any atom is 0.0558 e. The molecule has 0 aliphatic heterocycles. The maximum atomic E-state index is 9.21. The molecule has 0 saturated heterocycles. The molecular weight excluding hydrogens is 254 g/mol. The number of hydrogen-bond donors (Lipinski definition) is 1. The van der Waals surface area contributed by atoms with Gasteiger partial charge >= 0.3 is 0 Å². The zero-order chi connectivity index (χ0) is 13.5. The van der Waals surface area contributed by atoms with Crippen molar-refractivity contribution >= 4 is 11.3 Å². The molecule has 2 rings (SSSR count). The molecule has 1 heterocycles. The lowest BCUT2D eigenvalue weighted by Crippen LogP contribution is -2.25. The zero-order valence-electron chi connectivity index (χ0n) is 11.4. The van der Waals surface area contributed by atoms with Crippen molar-refractivity contribution in [2.45, 2.75) is 26.4 Å². The van der Waals surface area contributed by atoms with Gasteiger partial charge in [-0.1, -0.05) is 37.3 Å². The van der Waals surface area contributed by atoms with Gasteiger partial charge in [-0.3, -0.25) is 4.90 Å². The standard InChI is InChI=1S/C16H21NOS/c1-2-15-8-9-16(19-15)13-17(10-11-18)12-14-6-4-3-5-7-14/h3-9,18H,2,10-13H2,1H3. The summed E-state index contributed by atoms with van der Waals surface area (Å²) in [6, 6.07) is 14.8. The van der Waals surface area contributed by atoms with Crippen LogP contribution in [0, 0.1) is 0 Å². The smallest absolute Gasteiger partial charge is 0.0558 e. The number of aliphatic hydroxyl groups is 1. The lowest BCUT2D eigenvalue weighted by molar-refractivity contribution is 0.185. The number of aliphatic hydroxyl groups excluding tert-OH is 1. The summed E-state index contributed by atoms with van der Waals surface area (Å²) in [5.74, 6) is 0. The maximum absolute atomic E-state index is 9.21. The Bertz CT molecular complexity index is 481. The molecule has 0 saturated carbocycles. The van der Waals surface area contributed by atoms with Crippen molar-refractivity contribution < 1.29 is 5.11 Å². The van der Waals surface area contributed by atoms with Gasteiger partial charge in [0, 0.05) is 29.4 Å². The Kier molecular flexibility index (Phi) is 5.58. The molecule has 2 aromatic rings. The third kappa shape index (κ3) is 4.46. The van der Waals surface area contributed by atoms with E-state index in [0.29, 0.717) is 6.54 Å². The lowest BCUT2D eigenvalue weighted by Gasteiger charge is -2.20. The van der Waals surface area contributed by atoms with Gasteiger partial charge in [-0.2, -0.15) is 0 Å². The van der Waals surface area contributed by atoms with Gasteiger partial charge in [0.1, 0.15) is 0 Å². The van der Waals surface area contributed by atoms with Crippen molar-refractivity contribution in [3.05, 3.63) is 57.8 Å². The molecule has 3 heteroatoms. The summed E-state index contributed by atoms with van der Waals surface area (Å²) in [6.07, 6.45) is 1.10. The fraction of sp³-hybridized carbons (Fsp3) is 0.375. The summed E-state index contributed by atoms with van der Waals surface area (Å²) in [4.78, 5) is 5.10. The van der Waals surface area contributed by atoms with Gasteiger partial charge in [-0.25, -0.2) is 0 Å². The Morgan fingerprint density at radius 3 is 2.37 bits per heavy atom. The van der Waals surface area contributed by atoms with E-state index >= 15 is 0 Å². The first kappa shape index (κ1) is 14.3. The van der Waals surface area contributed by atoms with E-state index in [1.54, 1.807) is 0 Å². The van der Waals surface area contributed by atoms with E-state index in [4.69, 9.17) is 0 Å². The van der Waals surface area contributed by atoms with Crippen molar-refractivity contribution in [1.82, 2.24) is 4.90 Å². The van der Waals surface area contributed by atoms with E-state index in [-0.39, 0.29) is 6.61 Å². The molecule has 0 aliphatic carbocycles. The van der Waals surface area contributed by atoms with E-state index < -0.39 is 0 Å². The van der Waals surface area contributed by atoms with Gasteiger partial charge in [0.05, 0.1) is 6.61 Å². The fourth-order valence-electron chi connectivity index (χ4n) is 2.11. The molecule has 0 bridgehead atoms. The van der Waals surface area contributed by atoms with Crippen LogP contribution in [0.5, 0.6) is 0 Å². The molecule has 1 N–H and O–H groups in total. The van der Waals surface area contributed by atoms with Crippen LogP contribution < -0.4 is 0 Å². The SMILES string of the molecule is CCc1ccc(CN(CCO)Cc2ccccc2)s1. The number of nitrogens with zero attached hydrogens (tertiary/aromatic N) is 1. The molecule has 1 aromatic heterocycles. The Balaban J connectivity index is 1.99. The van der Waals surface area contributed by atoms with Gasteiger partial charge in [0.25, 0.3) is 0 Å². The van der Waals surface area contributed by atoms with E-state index in [1.807, 2.05) is 17.4 Å². The van der Waals surface area contributed by atoms with Crippen LogP contribution in [-0.4, -0.2) is 23.2 Å². The van der Waals surface area contributed by atoms with Gasteiger partial charge in [0.2, 0.25) is 0 Å². The molecule has 0 atom stereocenters. The zero-order valence-corrected chi connectivity index (χ0v) is 12.2.